The molecule has 1 fully saturated rings. The summed E-state index contributed by atoms with van der Waals surface area (Å²) in [6.07, 6.45) is 7.95. The minimum atomic E-state index is -0.0757. The van der Waals surface area contributed by atoms with Crippen LogP contribution >= 0.6 is 0 Å². The molecule has 1 aliphatic heterocycles. The van der Waals surface area contributed by atoms with E-state index in [2.05, 4.69) is 20.3 Å². The van der Waals surface area contributed by atoms with Gasteiger partial charge in [0.05, 0.1) is 24.2 Å². The van der Waals surface area contributed by atoms with Gasteiger partial charge in [0, 0.05) is 19.3 Å². The lowest BCUT2D eigenvalue weighted by Crippen LogP contribution is -2.40. The molecule has 0 saturated carbocycles. The Hall–Kier alpha value is -3.01. The first kappa shape index (κ1) is 16.8. The predicted octanol–water partition coefficient (Wildman–Crippen LogP) is 2.31. The number of nitriles is 1. The third-order valence-corrected chi connectivity index (χ3v) is 4.23. The number of nitrogens with one attached hydrogen (secondary N) is 1. The maximum atomic E-state index is 11.9. The molecule has 1 aliphatic rings. The first-order valence-electron chi connectivity index (χ1n) is 8.38. The molecule has 25 heavy (non-hydrogen) atoms. The van der Waals surface area contributed by atoms with Gasteiger partial charge in [-0.3, -0.25) is 9.78 Å². The Morgan fingerprint density at radius 3 is 2.92 bits per heavy atom. The molecular formula is C18H20N6O. The van der Waals surface area contributed by atoms with Crippen LogP contribution in [-0.4, -0.2) is 38.8 Å². The lowest BCUT2D eigenvalue weighted by Gasteiger charge is -2.32. The molecule has 1 saturated heterocycles. The Balaban J connectivity index is 1.56. The lowest BCUT2D eigenvalue weighted by atomic mass is 9.93. The van der Waals surface area contributed by atoms with Gasteiger partial charge in [0.25, 0.3) is 0 Å². The highest BCUT2D eigenvalue weighted by atomic mass is 16.2. The molecule has 0 aromatic carbocycles. The van der Waals surface area contributed by atoms with Gasteiger partial charge in [0.1, 0.15) is 18.1 Å². The number of amides is 1. The van der Waals surface area contributed by atoms with Crippen LogP contribution in [0, 0.1) is 17.2 Å². The zero-order valence-corrected chi connectivity index (χ0v) is 13.9. The summed E-state index contributed by atoms with van der Waals surface area (Å²) >= 11 is 0. The van der Waals surface area contributed by atoms with Gasteiger partial charge in [-0.15, -0.1) is 0 Å². The fraction of sp³-hybridized carbons (Fsp3) is 0.389. The van der Waals surface area contributed by atoms with Crippen LogP contribution in [0.2, 0.25) is 0 Å². The summed E-state index contributed by atoms with van der Waals surface area (Å²) in [5, 5.41) is 11.8. The second-order valence-electron chi connectivity index (χ2n) is 6.12. The number of hydrogen-bond donors (Lipinski definition) is 1. The summed E-state index contributed by atoms with van der Waals surface area (Å²) in [5.41, 5.74) is 0.908. The maximum Gasteiger partial charge on any atom is 0.236 e. The average Bonchev–Trinajstić information content (AvgIpc) is 2.65. The Bertz CT molecular complexity index is 740. The van der Waals surface area contributed by atoms with Crippen molar-refractivity contribution in [3.8, 4) is 6.07 Å². The van der Waals surface area contributed by atoms with Crippen LogP contribution in [0.5, 0.6) is 0 Å². The molecule has 1 N–H and O–H groups in total. The minimum absolute atomic E-state index is 0.0413. The number of hydrogen-bond acceptors (Lipinski definition) is 6. The van der Waals surface area contributed by atoms with Crippen molar-refractivity contribution in [3.05, 3.63) is 42.5 Å². The molecule has 1 amide bonds. The molecular weight excluding hydrogens is 316 g/mol. The van der Waals surface area contributed by atoms with Gasteiger partial charge in [-0.25, -0.2) is 9.97 Å². The van der Waals surface area contributed by atoms with Crippen molar-refractivity contribution >= 4 is 17.5 Å². The van der Waals surface area contributed by atoms with Crippen molar-refractivity contribution in [2.45, 2.75) is 25.7 Å². The van der Waals surface area contributed by atoms with E-state index < -0.39 is 0 Å². The summed E-state index contributed by atoms with van der Waals surface area (Å²) in [7, 11) is 0. The fourth-order valence-corrected chi connectivity index (χ4v) is 3.03. The molecule has 3 rings (SSSR count). The second kappa shape index (κ2) is 8.20. The normalized spacial score (nSPS) is 16.9. The summed E-state index contributed by atoms with van der Waals surface area (Å²) < 4.78 is 0. The molecule has 0 aliphatic carbocycles. The first-order valence-corrected chi connectivity index (χ1v) is 8.38. The number of aromatic nitrogens is 3. The third kappa shape index (κ3) is 4.73. The molecule has 128 valence electrons. The van der Waals surface area contributed by atoms with Gasteiger partial charge in [-0.2, -0.15) is 5.26 Å². The van der Waals surface area contributed by atoms with Crippen molar-refractivity contribution in [3.63, 3.8) is 0 Å². The molecule has 2 aromatic heterocycles. The van der Waals surface area contributed by atoms with Gasteiger partial charge < -0.3 is 10.2 Å². The largest absolute Gasteiger partial charge is 0.342 e. The molecule has 3 heterocycles. The highest BCUT2D eigenvalue weighted by Crippen LogP contribution is 2.21. The number of piperidine rings is 1. The Kier molecular flexibility index (Phi) is 5.52. The van der Waals surface area contributed by atoms with E-state index in [0.29, 0.717) is 18.3 Å². The SMILES string of the molecule is N#CCC(=O)N1CCCC(Cc2cnc(Nc3ccccn3)cn2)C1. The van der Waals surface area contributed by atoms with Crippen molar-refractivity contribution < 1.29 is 4.79 Å². The highest BCUT2D eigenvalue weighted by Gasteiger charge is 2.23. The van der Waals surface area contributed by atoms with E-state index in [1.54, 1.807) is 23.5 Å². The van der Waals surface area contributed by atoms with Crippen LogP contribution in [0.25, 0.3) is 0 Å². The number of carbonyl (C=O) groups is 1. The quantitative estimate of drug-likeness (QED) is 0.900. The standard InChI is InChI=1S/C18H20N6O/c19-7-6-18(25)24-9-3-4-14(13-24)10-15-11-22-17(12-21-15)23-16-5-1-2-8-20-16/h1-2,5,8,11-12,14H,3-4,6,9-10,13H2,(H,20,22,23). The van der Waals surface area contributed by atoms with E-state index in [1.165, 1.54) is 0 Å². The van der Waals surface area contributed by atoms with E-state index in [1.807, 2.05) is 24.3 Å². The molecule has 1 atom stereocenters. The second-order valence-corrected chi connectivity index (χ2v) is 6.12. The average molecular weight is 336 g/mol. The van der Waals surface area contributed by atoms with E-state index >= 15 is 0 Å². The predicted molar refractivity (Wildman–Crippen MR) is 92.8 cm³/mol. The van der Waals surface area contributed by atoms with Crippen LogP contribution < -0.4 is 5.32 Å². The Morgan fingerprint density at radius 1 is 1.28 bits per heavy atom. The topological polar surface area (TPSA) is 94.8 Å². The zero-order chi connectivity index (χ0) is 17.5. The van der Waals surface area contributed by atoms with Crippen LogP contribution in [0.3, 0.4) is 0 Å². The van der Waals surface area contributed by atoms with E-state index in [4.69, 9.17) is 5.26 Å². The van der Waals surface area contributed by atoms with E-state index in [0.717, 1.165) is 37.3 Å². The van der Waals surface area contributed by atoms with Crippen LogP contribution in [0.4, 0.5) is 11.6 Å². The van der Waals surface area contributed by atoms with Crippen molar-refractivity contribution in [1.29, 1.82) is 5.26 Å². The summed E-state index contributed by atoms with van der Waals surface area (Å²) in [4.78, 5) is 26.7. The summed E-state index contributed by atoms with van der Waals surface area (Å²) in [6, 6.07) is 7.55. The summed E-state index contributed by atoms with van der Waals surface area (Å²) in [5.74, 6) is 1.66. The van der Waals surface area contributed by atoms with E-state index in [9.17, 15) is 4.79 Å². The molecule has 1 unspecified atom stereocenters. The number of anilines is 2. The third-order valence-electron chi connectivity index (χ3n) is 4.23. The zero-order valence-electron chi connectivity index (χ0n) is 13.9. The molecule has 2 aromatic rings. The number of likely N-dealkylation sites (tertiary alicyclic amines) is 1. The molecule has 0 radical (unpaired) electrons. The fourth-order valence-electron chi connectivity index (χ4n) is 3.03. The number of rotatable bonds is 5. The van der Waals surface area contributed by atoms with Gasteiger partial charge in [0.15, 0.2) is 0 Å². The maximum absolute atomic E-state index is 11.9. The van der Waals surface area contributed by atoms with Crippen molar-refractivity contribution in [1.82, 2.24) is 19.9 Å². The molecule has 0 spiro atoms. The van der Waals surface area contributed by atoms with Gasteiger partial charge in [0.2, 0.25) is 5.91 Å². The van der Waals surface area contributed by atoms with Crippen LogP contribution in [0.15, 0.2) is 36.8 Å². The number of pyridine rings is 1. The number of nitrogens with zero attached hydrogens (tertiary/aromatic N) is 5. The summed E-state index contributed by atoms with van der Waals surface area (Å²) in [6.45, 7) is 1.44. The first-order chi connectivity index (χ1) is 12.2. The number of carbonyl (C=O) groups excluding carboxylic acids is 1. The van der Waals surface area contributed by atoms with E-state index in [-0.39, 0.29) is 12.3 Å². The highest BCUT2D eigenvalue weighted by molar-refractivity contribution is 5.78. The smallest absolute Gasteiger partial charge is 0.236 e. The minimum Gasteiger partial charge on any atom is -0.342 e. The lowest BCUT2D eigenvalue weighted by molar-refractivity contribution is -0.131. The van der Waals surface area contributed by atoms with Crippen LogP contribution in [0.1, 0.15) is 25.0 Å². The Morgan fingerprint density at radius 2 is 2.20 bits per heavy atom. The van der Waals surface area contributed by atoms with Gasteiger partial charge in [-0.1, -0.05) is 6.07 Å². The molecule has 0 bridgehead atoms. The monoisotopic (exact) mass is 336 g/mol. The van der Waals surface area contributed by atoms with Crippen molar-refractivity contribution in [2.75, 3.05) is 18.4 Å². The molecule has 7 nitrogen and oxygen atoms in total. The molecule has 7 heteroatoms. The Labute approximate surface area is 146 Å². The van der Waals surface area contributed by atoms with Crippen LogP contribution in [-0.2, 0) is 11.2 Å². The van der Waals surface area contributed by atoms with Gasteiger partial charge >= 0.3 is 0 Å². The van der Waals surface area contributed by atoms with Crippen molar-refractivity contribution in [2.24, 2.45) is 5.92 Å². The van der Waals surface area contributed by atoms with Gasteiger partial charge in [-0.05, 0) is 37.3 Å².